The Hall–Kier alpha value is -0.570. The van der Waals surface area contributed by atoms with Crippen molar-refractivity contribution in [1.82, 2.24) is 5.32 Å². The highest BCUT2D eigenvalue weighted by atomic mass is 16.5. The zero-order chi connectivity index (χ0) is 10.3. The van der Waals surface area contributed by atoms with Gasteiger partial charge in [0.15, 0.2) is 0 Å². The van der Waals surface area contributed by atoms with Gasteiger partial charge in [-0.15, -0.1) is 0 Å². The Labute approximate surface area is 80.8 Å². The number of carbonyl (C=O) groups excluding carboxylic acids is 1. The average Bonchev–Trinajstić information content (AvgIpc) is 1.98. The van der Waals surface area contributed by atoms with Crippen LogP contribution in [0.3, 0.4) is 0 Å². The highest BCUT2D eigenvalue weighted by molar-refractivity contribution is 5.75. The van der Waals surface area contributed by atoms with Gasteiger partial charge in [-0.25, -0.2) is 0 Å². The average molecular weight is 187 g/mol. The summed E-state index contributed by atoms with van der Waals surface area (Å²) in [6, 6.07) is 0. The standard InChI is InChI=1S/C10H21NO2/c1-5-6-7-9(12)11-8-13-10(2,3)4/h5-8H2,1-4H3,(H,11,12). The van der Waals surface area contributed by atoms with Gasteiger partial charge in [0.1, 0.15) is 6.73 Å². The molecule has 0 bridgehead atoms. The van der Waals surface area contributed by atoms with E-state index in [1.54, 1.807) is 0 Å². The van der Waals surface area contributed by atoms with Crippen LogP contribution in [-0.2, 0) is 9.53 Å². The summed E-state index contributed by atoms with van der Waals surface area (Å²) < 4.78 is 5.35. The fourth-order valence-electron chi connectivity index (χ4n) is 0.759. The van der Waals surface area contributed by atoms with Crippen molar-refractivity contribution in [3.8, 4) is 0 Å². The molecule has 0 unspecified atom stereocenters. The summed E-state index contributed by atoms with van der Waals surface area (Å²) in [6.45, 7) is 8.27. The molecule has 3 heteroatoms. The van der Waals surface area contributed by atoms with Gasteiger partial charge in [0.2, 0.25) is 5.91 Å². The third-order valence-corrected chi connectivity index (χ3v) is 1.53. The quantitative estimate of drug-likeness (QED) is 0.669. The molecule has 1 N–H and O–H groups in total. The van der Waals surface area contributed by atoms with E-state index >= 15 is 0 Å². The number of rotatable bonds is 5. The molecule has 0 rings (SSSR count). The largest absolute Gasteiger partial charge is 0.356 e. The normalized spacial score (nSPS) is 11.4. The molecule has 1 amide bonds. The first kappa shape index (κ1) is 12.4. The second-order valence-corrected chi connectivity index (χ2v) is 4.10. The van der Waals surface area contributed by atoms with Crippen molar-refractivity contribution in [2.24, 2.45) is 0 Å². The van der Waals surface area contributed by atoms with Crippen LogP contribution in [-0.4, -0.2) is 18.2 Å². The van der Waals surface area contributed by atoms with Gasteiger partial charge in [0, 0.05) is 6.42 Å². The van der Waals surface area contributed by atoms with Crippen LogP contribution in [0, 0.1) is 0 Å². The molecule has 0 atom stereocenters. The molecule has 0 saturated carbocycles. The first-order chi connectivity index (χ1) is 5.95. The Bertz CT molecular complexity index is 149. The van der Waals surface area contributed by atoms with Crippen molar-refractivity contribution >= 4 is 5.91 Å². The minimum Gasteiger partial charge on any atom is -0.356 e. The summed E-state index contributed by atoms with van der Waals surface area (Å²) in [5.41, 5.74) is -0.183. The smallest absolute Gasteiger partial charge is 0.221 e. The second kappa shape index (κ2) is 5.97. The van der Waals surface area contributed by atoms with Gasteiger partial charge in [-0.1, -0.05) is 13.3 Å². The van der Waals surface area contributed by atoms with Gasteiger partial charge < -0.3 is 10.1 Å². The van der Waals surface area contributed by atoms with E-state index in [-0.39, 0.29) is 11.5 Å². The van der Waals surface area contributed by atoms with Crippen LogP contribution in [0.5, 0.6) is 0 Å². The fraction of sp³-hybridized carbons (Fsp3) is 0.900. The van der Waals surface area contributed by atoms with E-state index in [1.807, 2.05) is 20.8 Å². The Morgan fingerprint density at radius 3 is 2.46 bits per heavy atom. The Balaban J connectivity index is 3.37. The van der Waals surface area contributed by atoms with Crippen LogP contribution in [0.15, 0.2) is 0 Å². The van der Waals surface area contributed by atoms with Gasteiger partial charge in [-0.05, 0) is 27.2 Å². The maximum atomic E-state index is 11.1. The van der Waals surface area contributed by atoms with E-state index in [4.69, 9.17) is 4.74 Å². The van der Waals surface area contributed by atoms with E-state index in [0.717, 1.165) is 12.8 Å². The van der Waals surface area contributed by atoms with Crippen molar-refractivity contribution in [2.45, 2.75) is 52.6 Å². The van der Waals surface area contributed by atoms with E-state index in [9.17, 15) is 4.79 Å². The van der Waals surface area contributed by atoms with Gasteiger partial charge in [0.25, 0.3) is 0 Å². The first-order valence-corrected chi connectivity index (χ1v) is 4.86. The molecule has 0 radical (unpaired) electrons. The molecule has 0 aromatic heterocycles. The molecule has 3 nitrogen and oxygen atoms in total. The van der Waals surface area contributed by atoms with Crippen molar-refractivity contribution in [1.29, 1.82) is 0 Å². The minimum atomic E-state index is -0.183. The van der Waals surface area contributed by atoms with Crippen molar-refractivity contribution < 1.29 is 9.53 Å². The van der Waals surface area contributed by atoms with E-state index in [2.05, 4.69) is 12.2 Å². The number of hydrogen-bond acceptors (Lipinski definition) is 2. The lowest BCUT2D eigenvalue weighted by Gasteiger charge is -2.19. The van der Waals surface area contributed by atoms with Crippen LogP contribution in [0.2, 0.25) is 0 Å². The summed E-state index contributed by atoms with van der Waals surface area (Å²) >= 11 is 0. The highest BCUT2D eigenvalue weighted by Crippen LogP contribution is 2.04. The number of unbranched alkanes of at least 4 members (excludes halogenated alkanes) is 1. The number of carbonyl (C=O) groups is 1. The molecule has 0 aliphatic rings. The molecule has 0 aromatic carbocycles. The fourth-order valence-corrected chi connectivity index (χ4v) is 0.759. The Morgan fingerprint density at radius 1 is 1.38 bits per heavy atom. The van der Waals surface area contributed by atoms with Gasteiger partial charge in [-0.3, -0.25) is 4.79 Å². The van der Waals surface area contributed by atoms with Crippen molar-refractivity contribution in [3.05, 3.63) is 0 Å². The minimum absolute atomic E-state index is 0.0751. The lowest BCUT2D eigenvalue weighted by Crippen LogP contribution is -2.31. The number of nitrogens with one attached hydrogen (secondary N) is 1. The third kappa shape index (κ3) is 9.34. The van der Waals surface area contributed by atoms with Gasteiger partial charge in [0.05, 0.1) is 5.60 Å². The monoisotopic (exact) mass is 187 g/mol. The second-order valence-electron chi connectivity index (χ2n) is 4.10. The maximum Gasteiger partial charge on any atom is 0.221 e. The van der Waals surface area contributed by atoms with Crippen molar-refractivity contribution in [2.75, 3.05) is 6.73 Å². The Kier molecular flexibility index (Phi) is 5.71. The summed E-state index contributed by atoms with van der Waals surface area (Å²) in [4.78, 5) is 11.1. The maximum absolute atomic E-state index is 11.1. The molecule has 0 aliphatic heterocycles. The third-order valence-electron chi connectivity index (χ3n) is 1.53. The lowest BCUT2D eigenvalue weighted by molar-refractivity contribution is -0.124. The summed E-state index contributed by atoms with van der Waals surface area (Å²) in [5.74, 6) is 0.0751. The summed E-state index contributed by atoms with van der Waals surface area (Å²) in [7, 11) is 0. The molecule has 0 fully saturated rings. The lowest BCUT2D eigenvalue weighted by atomic mass is 10.2. The highest BCUT2D eigenvalue weighted by Gasteiger charge is 2.09. The van der Waals surface area contributed by atoms with Crippen LogP contribution < -0.4 is 5.32 Å². The SMILES string of the molecule is CCCCC(=O)NCOC(C)(C)C. The van der Waals surface area contributed by atoms with E-state index < -0.39 is 0 Å². The van der Waals surface area contributed by atoms with Crippen LogP contribution >= 0.6 is 0 Å². The topological polar surface area (TPSA) is 38.3 Å². The Morgan fingerprint density at radius 2 is 2.00 bits per heavy atom. The van der Waals surface area contributed by atoms with E-state index in [0.29, 0.717) is 13.2 Å². The number of amides is 1. The number of hydrogen-bond donors (Lipinski definition) is 1. The molecular weight excluding hydrogens is 166 g/mol. The van der Waals surface area contributed by atoms with Crippen molar-refractivity contribution in [3.63, 3.8) is 0 Å². The van der Waals surface area contributed by atoms with Gasteiger partial charge in [-0.2, -0.15) is 0 Å². The summed E-state index contributed by atoms with van der Waals surface area (Å²) in [5, 5.41) is 2.71. The molecular formula is C10H21NO2. The van der Waals surface area contributed by atoms with E-state index in [1.165, 1.54) is 0 Å². The molecule has 0 aromatic rings. The molecule has 0 spiro atoms. The number of ether oxygens (including phenoxy) is 1. The summed E-state index contributed by atoms with van der Waals surface area (Å²) in [6.07, 6.45) is 2.60. The molecule has 0 heterocycles. The zero-order valence-corrected chi connectivity index (χ0v) is 9.14. The molecule has 78 valence electrons. The zero-order valence-electron chi connectivity index (χ0n) is 9.14. The molecule has 0 saturated heterocycles. The van der Waals surface area contributed by atoms with Crippen LogP contribution in [0.4, 0.5) is 0 Å². The predicted octanol–water partition coefficient (Wildman–Crippen LogP) is 2.07. The first-order valence-electron chi connectivity index (χ1n) is 4.86. The van der Waals surface area contributed by atoms with Crippen LogP contribution in [0.25, 0.3) is 0 Å². The van der Waals surface area contributed by atoms with Crippen LogP contribution in [0.1, 0.15) is 47.0 Å². The molecule has 13 heavy (non-hydrogen) atoms. The molecule has 0 aliphatic carbocycles. The van der Waals surface area contributed by atoms with Gasteiger partial charge >= 0.3 is 0 Å². The predicted molar refractivity (Wildman–Crippen MR) is 53.4 cm³/mol.